The lowest BCUT2D eigenvalue weighted by molar-refractivity contribution is 0.623. The second kappa shape index (κ2) is 3.27. The summed E-state index contributed by atoms with van der Waals surface area (Å²) in [6, 6.07) is 0. The lowest BCUT2D eigenvalue weighted by Gasteiger charge is -2.18. The van der Waals surface area contributed by atoms with Gasteiger partial charge in [0.05, 0.1) is 0 Å². The molecule has 0 amide bonds. The van der Waals surface area contributed by atoms with Crippen LogP contribution in [0.15, 0.2) is 15.5 Å². The molecule has 3 nitrogen and oxygen atoms in total. The Morgan fingerprint density at radius 2 is 2.31 bits per heavy atom. The molecule has 4 heteroatoms. The molecule has 0 aliphatic carbocycles. The predicted octanol–water partition coefficient (Wildman–Crippen LogP) is 0.794. The van der Waals surface area contributed by atoms with Crippen LogP contribution in [0.3, 0.4) is 0 Å². The van der Waals surface area contributed by atoms with Gasteiger partial charge in [-0.15, -0.1) is 0 Å². The first-order valence-corrected chi connectivity index (χ1v) is 5.07. The quantitative estimate of drug-likeness (QED) is 0.731. The Morgan fingerprint density at radius 3 is 3.08 bits per heavy atom. The van der Waals surface area contributed by atoms with E-state index >= 15 is 0 Å². The highest BCUT2D eigenvalue weighted by atomic mass is 79.9. The van der Waals surface area contributed by atoms with E-state index in [1.54, 1.807) is 11.6 Å². The highest BCUT2D eigenvalue weighted by molar-refractivity contribution is 9.10. The van der Waals surface area contributed by atoms with Gasteiger partial charge in [-0.05, 0) is 34.5 Å². The SMILES string of the molecule is Cn1cc(Br)c2c(c1=O)CNCC2. The van der Waals surface area contributed by atoms with E-state index in [1.165, 1.54) is 5.56 Å². The molecule has 1 aromatic heterocycles. The summed E-state index contributed by atoms with van der Waals surface area (Å²) in [6.07, 6.45) is 2.78. The van der Waals surface area contributed by atoms with Crippen LogP contribution in [0.25, 0.3) is 0 Å². The number of rotatable bonds is 0. The molecular weight excluding hydrogens is 232 g/mol. The number of nitrogens with zero attached hydrogens (tertiary/aromatic N) is 1. The molecule has 2 heterocycles. The Bertz CT molecular complexity index is 397. The second-order valence-electron chi connectivity index (χ2n) is 3.28. The first kappa shape index (κ1) is 8.97. The summed E-state index contributed by atoms with van der Waals surface area (Å²) in [6.45, 7) is 1.65. The summed E-state index contributed by atoms with van der Waals surface area (Å²) in [5.41, 5.74) is 2.19. The first-order valence-electron chi connectivity index (χ1n) is 4.28. The van der Waals surface area contributed by atoms with Crippen LogP contribution in [0.5, 0.6) is 0 Å². The molecule has 13 heavy (non-hydrogen) atoms. The third-order valence-corrected chi connectivity index (χ3v) is 3.07. The zero-order valence-electron chi connectivity index (χ0n) is 7.43. The molecule has 0 atom stereocenters. The summed E-state index contributed by atoms with van der Waals surface area (Å²) in [5.74, 6) is 0. The number of hydrogen-bond donors (Lipinski definition) is 1. The van der Waals surface area contributed by atoms with Crippen molar-refractivity contribution in [3.63, 3.8) is 0 Å². The molecule has 0 fully saturated rings. The molecular formula is C9H11BrN2O. The molecule has 0 radical (unpaired) electrons. The molecule has 0 spiro atoms. The maximum Gasteiger partial charge on any atom is 0.255 e. The number of pyridine rings is 1. The average molecular weight is 243 g/mol. The number of fused-ring (bicyclic) bond motifs is 1. The smallest absolute Gasteiger partial charge is 0.255 e. The minimum absolute atomic E-state index is 0.116. The third kappa shape index (κ3) is 1.44. The monoisotopic (exact) mass is 242 g/mol. The van der Waals surface area contributed by atoms with Gasteiger partial charge in [-0.25, -0.2) is 0 Å². The van der Waals surface area contributed by atoms with Crippen molar-refractivity contribution in [3.8, 4) is 0 Å². The topological polar surface area (TPSA) is 34.0 Å². The molecule has 1 aliphatic heterocycles. The van der Waals surface area contributed by atoms with E-state index in [2.05, 4.69) is 21.2 Å². The minimum atomic E-state index is 0.116. The lowest BCUT2D eigenvalue weighted by Crippen LogP contribution is -2.33. The van der Waals surface area contributed by atoms with Crippen LogP contribution < -0.4 is 10.9 Å². The van der Waals surface area contributed by atoms with Crippen molar-refractivity contribution in [1.82, 2.24) is 9.88 Å². The standard InChI is InChI=1S/C9H11BrN2O/c1-12-5-8(10)6-2-3-11-4-7(6)9(12)13/h5,11H,2-4H2,1H3. The van der Waals surface area contributed by atoms with Gasteiger partial charge in [-0.3, -0.25) is 4.79 Å². The predicted molar refractivity (Wildman–Crippen MR) is 54.8 cm³/mol. The molecule has 0 bridgehead atoms. The van der Waals surface area contributed by atoms with E-state index in [0.717, 1.165) is 23.0 Å². The van der Waals surface area contributed by atoms with Crippen LogP contribution in [0.1, 0.15) is 11.1 Å². The zero-order valence-corrected chi connectivity index (χ0v) is 9.02. The Hall–Kier alpha value is -0.610. The molecule has 0 saturated heterocycles. The van der Waals surface area contributed by atoms with Crippen molar-refractivity contribution >= 4 is 15.9 Å². The van der Waals surface area contributed by atoms with E-state index < -0.39 is 0 Å². The molecule has 70 valence electrons. The highest BCUT2D eigenvalue weighted by Crippen LogP contribution is 2.20. The fraction of sp³-hybridized carbons (Fsp3) is 0.444. The fourth-order valence-electron chi connectivity index (χ4n) is 1.67. The molecule has 0 saturated carbocycles. The van der Waals surface area contributed by atoms with Crippen molar-refractivity contribution in [2.45, 2.75) is 13.0 Å². The molecule has 1 aliphatic rings. The zero-order chi connectivity index (χ0) is 9.42. The maximum absolute atomic E-state index is 11.7. The van der Waals surface area contributed by atoms with Crippen LogP contribution in [-0.2, 0) is 20.0 Å². The third-order valence-electron chi connectivity index (χ3n) is 2.39. The molecule has 0 aromatic carbocycles. The van der Waals surface area contributed by atoms with Gasteiger partial charge in [0.15, 0.2) is 0 Å². The largest absolute Gasteiger partial charge is 0.317 e. The Balaban J connectivity index is 2.70. The number of halogens is 1. The normalized spacial score (nSPS) is 15.5. The Kier molecular flexibility index (Phi) is 2.26. The highest BCUT2D eigenvalue weighted by Gasteiger charge is 2.15. The van der Waals surface area contributed by atoms with Gasteiger partial charge in [0.2, 0.25) is 0 Å². The first-order chi connectivity index (χ1) is 6.20. The van der Waals surface area contributed by atoms with Gasteiger partial charge in [0, 0.05) is 29.8 Å². The minimum Gasteiger partial charge on any atom is -0.317 e. The second-order valence-corrected chi connectivity index (χ2v) is 4.13. The van der Waals surface area contributed by atoms with Crippen LogP contribution in [-0.4, -0.2) is 11.1 Å². The van der Waals surface area contributed by atoms with Crippen molar-refractivity contribution in [2.75, 3.05) is 6.54 Å². The molecule has 1 aromatic rings. The summed E-state index contributed by atoms with van der Waals surface area (Å²) >= 11 is 3.48. The van der Waals surface area contributed by atoms with Crippen LogP contribution in [0.4, 0.5) is 0 Å². The number of nitrogens with one attached hydrogen (secondary N) is 1. The van der Waals surface area contributed by atoms with Crippen molar-refractivity contribution in [2.24, 2.45) is 7.05 Å². The molecule has 1 N–H and O–H groups in total. The number of aryl methyl sites for hydroxylation is 1. The van der Waals surface area contributed by atoms with Crippen molar-refractivity contribution < 1.29 is 0 Å². The molecule has 2 rings (SSSR count). The van der Waals surface area contributed by atoms with Crippen molar-refractivity contribution in [3.05, 3.63) is 32.2 Å². The van der Waals surface area contributed by atoms with Gasteiger partial charge in [-0.2, -0.15) is 0 Å². The average Bonchev–Trinajstić information content (AvgIpc) is 2.15. The van der Waals surface area contributed by atoms with E-state index in [1.807, 2.05) is 6.20 Å². The Morgan fingerprint density at radius 1 is 1.54 bits per heavy atom. The van der Waals surface area contributed by atoms with Gasteiger partial charge < -0.3 is 9.88 Å². The summed E-state index contributed by atoms with van der Waals surface area (Å²) in [4.78, 5) is 11.7. The number of aromatic nitrogens is 1. The summed E-state index contributed by atoms with van der Waals surface area (Å²) < 4.78 is 2.67. The number of hydrogen-bond acceptors (Lipinski definition) is 2. The van der Waals surface area contributed by atoms with E-state index in [0.29, 0.717) is 6.54 Å². The van der Waals surface area contributed by atoms with Crippen LogP contribution in [0.2, 0.25) is 0 Å². The van der Waals surface area contributed by atoms with Crippen LogP contribution >= 0.6 is 15.9 Å². The van der Waals surface area contributed by atoms with Gasteiger partial charge in [-0.1, -0.05) is 0 Å². The van der Waals surface area contributed by atoms with Crippen molar-refractivity contribution in [1.29, 1.82) is 0 Å². The lowest BCUT2D eigenvalue weighted by atomic mass is 10.0. The van der Waals surface area contributed by atoms with E-state index in [4.69, 9.17) is 0 Å². The molecule has 0 unspecified atom stereocenters. The maximum atomic E-state index is 11.7. The summed E-state index contributed by atoms with van der Waals surface area (Å²) in [5, 5.41) is 3.20. The van der Waals surface area contributed by atoms with Gasteiger partial charge in [0.25, 0.3) is 5.56 Å². The van der Waals surface area contributed by atoms with E-state index in [-0.39, 0.29) is 5.56 Å². The van der Waals surface area contributed by atoms with Gasteiger partial charge in [0.1, 0.15) is 0 Å². The fourth-order valence-corrected chi connectivity index (χ4v) is 2.42. The Labute approximate surface area is 84.9 Å². The van der Waals surface area contributed by atoms with Gasteiger partial charge >= 0.3 is 0 Å². The summed E-state index contributed by atoms with van der Waals surface area (Å²) in [7, 11) is 1.78. The van der Waals surface area contributed by atoms with E-state index in [9.17, 15) is 4.79 Å². The van der Waals surface area contributed by atoms with Crippen LogP contribution in [0, 0.1) is 0 Å².